The number of nitrogens with zero attached hydrogens (tertiary/aromatic N) is 4. The molecule has 0 aliphatic heterocycles. The van der Waals surface area contributed by atoms with Gasteiger partial charge in [0.2, 0.25) is 0 Å². The van der Waals surface area contributed by atoms with Crippen LogP contribution >= 0.6 is 23.2 Å². The fourth-order valence-corrected chi connectivity index (χ4v) is 6.32. The first-order valence-electron chi connectivity index (χ1n) is 18.1. The van der Waals surface area contributed by atoms with Crippen molar-refractivity contribution in [2.75, 3.05) is 10.6 Å². The van der Waals surface area contributed by atoms with E-state index in [0.717, 1.165) is 0 Å². The molecule has 0 aliphatic rings. The van der Waals surface area contributed by atoms with Gasteiger partial charge in [0.15, 0.2) is 11.5 Å². The van der Waals surface area contributed by atoms with Crippen LogP contribution in [0, 0.1) is 0 Å². The molecule has 0 heterocycles. The number of nitrogens with one attached hydrogen (secondary N) is 2. The zero-order chi connectivity index (χ0) is 42.2. The summed E-state index contributed by atoms with van der Waals surface area (Å²) in [6.07, 6.45) is 0. The van der Waals surface area contributed by atoms with Crippen LogP contribution in [0.5, 0.6) is 23.0 Å². The van der Waals surface area contributed by atoms with Crippen LogP contribution in [0.1, 0.15) is 20.7 Å². The molecule has 0 atom stereocenters. The molecule has 6 N–H and O–H groups in total. The topological polar surface area (TPSA) is 189 Å². The van der Waals surface area contributed by atoms with Gasteiger partial charge in [-0.15, -0.1) is 20.5 Å². The first kappa shape index (κ1) is 46.8. The maximum atomic E-state index is 12.8. The summed E-state index contributed by atoms with van der Waals surface area (Å²) in [7, 11) is 0. The average molecular weight is 915 g/mol. The Morgan fingerprint density at radius 1 is 0.452 bits per heavy atom. The second-order valence-corrected chi connectivity index (χ2v) is 13.9. The van der Waals surface area contributed by atoms with Gasteiger partial charge in [-0.2, -0.15) is 0 Å². The molecule has 8 rings (SSSR count). The third kappa shape index (κ3) is 11.1. The third-order valence-corrected chi connectivity index (χ3v) is 9.40. The van der Waals surface area contributed by atoms with Crippen LogP contribution in [0.3, 0.4) is 0 Å². The molecule has 62 heavy (non-hydrogen) atoms. The van der Waals surface area contributed by atoms with Gasteiger partial charge in [-0.1, -0.05) is 108 Å². The van der Waals surface area contributed by atoms with Crippen LogP contribution in [0.15, 0.2) is 178 Å². The van der Waals surface area contributed by atoms with E-state index in [9.17, 15) is 30.0 Å². The molecule has 12 nitrogen and oxygen atoms in total. The smallest absolute Gasteiger partial charge is 0.506 e. The van der Waals surface area contributed by atoms with Crippen LogP contribution in [-0.2, 0) is 17.1 Å². The predicted octanol–water partition coefficient (Wildman–Crippen LogP) is 10.1. The Balaban J connectivity index is 0.000000227. The Morgan fingerprint density at radius 3 is 1.19 bits per heavy atom. The minimum atomic E-state index is -0.480. The van der Waals surface area contributed by atoms with Crippen molar-refractivity contribution in [1.82, 2.24) is 0 Å². The van der Waals surface area contributed by atoms with Crippen LogP contribution in [0.25, 0.3) is 21.5 Å². The van der Waals surface area contributed by atoms with E-state index >= 15 is 0 Å². The number of anilines is 2. The van der Waals surface area contributed by atoms with Gasteiger partial charge in [-0.25, -0.2) is 0 Å². The zero-order valence-electron chi connectivity index (χ0n) is 32.5. The first-order valence-corrected chi connectivity index (χ1v) is 18.8. The molecular formula is C46H32Cl2FeN6NaO6+. The van der Waals surface area contributed by atoms with Crippen molar-refractivity contribution in [2.24, 2.45) is 20.5 Å². The summed E-state index contributed by atoms with van der Waals surface area (Å²) in [5.41, 5.74) is 1.83. The van der Waals surface area contributed by atoms with Crippen molar-refractivity contribution in [2.45, 2.75) is 0 Å². The summed E-state index contributed by atoms with van der Waals surface area (Å²) >= 11 is 11.9. The molecule has 0 aliphatic carbocycles. The normalized spacial score (nSPS) is 10.7. The number of hydrogen-bond donors (Lipinski definition) is 6. The minimum absolute atomic E-state index is 0. The number of para-hydroxylation sites is 2. The standard InChI is InChI=1S/2C23H16ClN3O3.Fe.Na/c2*24-15-10-11-20(28)19(13-15)26-27-21-17-9-5-4-6-14(17)12-18(22(21)29)23(30)25-16-7-2-1-3-8-16;;/h2*1-13,28-29H,(H,25,30);;/q;;;+1. The summed E-state index contributed by atoms with van der Waals surface area (Å²) in [6, 6.07) is 44.2. The van der Waals surface area contributed by atoms with E-state index in [1.54, 1.807) is 84.9 Å². The molecule has 0 radical (unpaired) electrons. The maximum absolute atomic E-state index is 12.8. The number of azo groups is 2. The molecule has 8 aromatic carbocycles. The van der Waals surface area contributed by atoms with Crippen LogP contribution < -0.4 is 40.2 Å². The Hall–Kier alpha value is -6.28. The van der Waals surface area contributed by atoms with E-state index in [1.807, 2.05) is 36.4 Å². The number of carbonyl (C=O) groups is 2. The Morgan fingerprint density at radius 2 is 0.806 bits per heavy atom. The number of fused-ring (bicyclic) bond motifs is 2. The van der Waals surface area contributed by atoms with E-state index in [0.29, 0.717) is 43.0 Å². The summed E-state index contributed by atoms with van der Waals surface area (Å²) in [4.78, 5) is 25.6. The largest absolute Gasteiger partial charge is 1.00 e. The zero-order valence-corrected chi connectivity index (χ0v) is 37.1. The van der Waals surface area contributed by atoms with Gasteiger partial charge >= 0.3 is 29.6 Å². The van der Waals surface area contributed by atoms with Crippen molar-refractivity contribution >= 4 is 90.7 Å². The number of phenolic OH excluding ortho intramolecular Hbond substituents is 4. The van der Waals surface area contributed by atoms with E-state index in [4.69, 9.17) is 23.2 Å². The Bertz CT molecular complexity index is 2760. The fourth-order valence-electron chi connectivity index (χ4n) is 5.98. The third-order valence-electron chi connectivity index (χ3n) is 8.93. The second kappa shape index (κ2) is 21.5. The summed E-state index contributed by atoms with van der Waals surface area (Å²) in [6.45, 7) is 0. The van der Waals surface area contributed by atoms with E-state index < -0.39 is 11.8 Å². The molecule has 8 aromatic rings. The van der Waals surface area contributed by atoms with Crippen molar-refractivity contribution < 1.29 is 76.6 Å². The molecule has 0 unspecified atom stereocenters. The van der Waals surface area contributed by atoms with Gasteiger partial charge in [0, 0.05) is 49.3 Å². The summed E-state index contributed by atoms with van der Waals surface area (Å²) < 4.78 is 0. The summed E-state index contributed by atoms with van der Waals surface area (Å²) in [5.74, 6) is -1.80. The van der Waals surface area contributed by atoms with Gasteiger partial charge in [-0.3, -0.25) is 9.59 Å². The molecule has 2 amide bonds. The first-order chi connectivity index (χ1) is 29.0. The van der Waals surface area contributed by atoms with Crippen molar-refractivity contribution in [3.63, 3.8) is 0 Å². The molecule has 0 aromatic heterocycles. The number of benzene rings is 8. The monoisotopic (exact) mass is 913 g/mol. The number of hydrogen-bond acceptors (Lipinski definition) is 10. The number of aromatic hydroxyl groups is 4. The molecule has 16 heteroatoms. The van der Waals surface area contributed by atoms with Crippen LogP contribution in [0.2, 0.25) is 10.0 Å². The quantitative estimate of drug-likeness (QED) is 0.0650. The van der Waals surface area contributed by atoms with Crippen LogP contribution in [-0.4, -0.2) is 32.2 Å². The molecular weight excluding hydrogens is 882 g/mol. The Labute approximate surface area is 397 Å². The Kier molecular flexibility index (Phi) is 16.2. The SMILES string of the molecule is O=C(Nc1ccccc1)c1cc2ccccc2c(N=Nc2cc(Cl)ccc2O)c1O.O=C(Nc1ccccc1)c1cc2ccccc2c(N=Nc2cc(Cl)ccc2O)c1O.[Fe].[Na+]. The second-order valence-electron chi connectivity index (χ2n) is 13.0. The van der Waals surface area contributed by atoms with Crippen molar-refractivity contribution in [3.8, 4) is 23.0 Å². The van der Waals surface area contributed by atoms with Gasteiger partial charge < -0.3 is 31.1 Å². The molecule has 0 saturated heterocycles. The number of halogens is 2. The number of rotatable bonds is 8. The van der Waals surface area contributed by atoms with E-state index in [1.165, 1.54) is 36.4 Å². The number of carbonyl (C=O) groups excluding carboxylic acids is 2. The van der Waals surface area contributed by atoms with Crippen molar-refractivity contribution in [3.05, 3.63) is 179 Å². The molecule has 0 fully saturated rings. The molecule has 0 spiro atoms. The molecule has 0 bridgehead atoms. The number of phenols is 4. The van der Waals surface area contributed by atoms with E-state index in [-0.39, 0.29) is 104 Å². The molecule has 304 valence electrons. The average Bonchev–Trinajstić information content (AvgIpc) is 3.25. The van der Waals surface area contributed by atoms with Gasteiger partial charge in [0.1, 0.15) is 34.2 Å². The van der Waals surface area contributed by atoms with Crippen molar-refractivity contribution in [1.29, 1.82) is 0 Å². The maximum Gasteiger partial charge on any atom is 1.00 e. The summed E-state index contributed by atoms with van der Waals surface area (Å²) in [5, 5.41) is 66.8. The van der Waals surface area contributed by atoms with Gasteiger partial charge in [0.25, 0.3) is 11.8 Å². The molecule has 0 saturated carbocycles. The van der Waals surface area contributed by atoms with Crippen LogP contribution in [0.4, 0.5) is 34.1 Å². The van der Waals surface area contributed by atoms with E-state index in [2.05, 4.69) is 31.1 Å². The minimum Gasteiger partial charge on any atom is -0.506 e. The number of amides is 2. The van der Waals surface area contributed by atoms with Gasteiger partial charge in [-0.05, 0) is 83.6 Å². The predicted molar refractivity (Wildman–Crippen MR) is 235 cm³/mol. The van der Waals surface area contributed by atoms with Gasteiger partial charge in [0.05, 0.1) is 11.1 Å². The fraction of sp³-hybridized carbons (Fsp3) is 0.